The molecular weight excluding hydrogens is 234 g/mol. The molecular formula is C16H19N3. The zero-order valence-electron chi connectivity index (χ0n) is 11.5. The highest BCUT2D eigenvalue weighted by Crippen LogP contribution is 2.22. The largest absolute Gasteiger partial charge is 0.312 e. The molecule has 1 aromatic heterocycles. The summed E-state index contributed by atoms with van der Waals surface area (Å²) < 4.78 is 0. The van der Waals surface area contributed by atoms with Crippen LogP contribution in [0.1, 0.15) is 29.4 Å². The van der Waals surface area contributed by atoms with Crippen LogP contribution in [-0.2, 0) is 19.4 Å². The molecule has 0 unspecified atom stereocenters. The Bertz CT molecular complexity index is 588. The van der Waals surface area contributed by atoms with Gasteiger partial charge in [0.15, 0.2) is 5.82 Å². The summed E-state index contributed by atoms with van der Waals surface area (Å²) >= 11 is 0. The molecule has 3 heteroatoms. The molecule has 1 aliphatic heterocycles. The smallest absolute Gasteiger partial charge is 0.159 e. The lowest BCUT2D eigenvalue weighted by Gasteiger charge is -2.19. The van der Waals surface area contributed by atoms with E-state index in [1.54, 1.807) is 0 Å². The molecule has 0 saturated carbocycles. The second kappa shape index (κ2) is 5.10. The fourth-order valence-corrected chi connectivity index (χ4v) is 2.62. The second-order valence-corrected chi connectivity index (χ2v) is 5.07. The summed E-state index contributed by atoms with van der Waals surface area (Å²) in [5.74, 6) is 0.876. The van der Waals surface area contributed by atoms with E-state index in [4.69, 9.17) is 9.97 Å². The maximum atomic E-state index is 4.78. The van der Waals surface area contributed by atoms with Gasteiger partial charge >= 0.3 is 0 Å². The molecule has 19 heavy (non-hydrogen) atoms. The van der Waals surface area contributed by atoms with Crippen LogP contribution in [0.4, 0.5) is 0 Å². The molecule has 0 amide bonds. The van der Waals surface area contributed by atoms with Crippen LogP contribution >= 0.6 is 0 Å². The minimum atomic E-state index is 0.876. The van der Waals surface area contributed by atoms with Gasteiger partial charge < -0.3 is 5.32 Å². The summed E-state index contributed by atoms with van der Waals surface area (Å²) in [5.41, 5.74) is 6.09. The van der Waals surface area contributed by atoms with Gasteiger partial charge in [0.25, 0.3) is 0 Å². The fourth-order valence-electron chi connectivity index (χ4n) is 2.62. The van der Waals surface area contributed by atoms with Crippen molar-refractivity contribution in [2.24, 2.45) is 0 Å². The second-order valence-electron chi connectivity index (χ2n) is 5.07. The maximum absolute atomic E-state index is 4.78. The first-order chi connectivity index (χ1) is 9.28. The predicted molar refractivity (Wildman–Crippen MR) is 77.0 cm³/mol. The number of hydrogen-bond acceptors (Lipinski definition) is 3. The summed E-state index contributed by atoms with van der Waals surface area (Å²) in [5, 5.41) is 3.40. The lowest BCUT2D eigenvalue weighted by molar-refractivity contribution is 0.618. The summed E-state index contributed by atoms with van der Waals surface area (Å²) in [6, 6.07) is 8.42. The van der Waals surface area contributed by atoms with Crippen LogP contribution in [-0.4, -0.2) is 16.5 Å². The van der Waals surface area contributed by atoms with Gasteiger partial charge in [0, 0.05) is 36.3 Å². The van der Waals surface area contributed by atoms with Gasteiger partial charge in [-0.25, -0.2) is 9.97 Å². The van der Waals surface area contributed by atoms with Crippen molar-refractivity contribution in [3.8, 4) is 11.4 Å². The van der Waals surface area contributed by atoms with Gasteiger partial charge in [-0.15, -0.1) is 0 Å². The van der Waals surface area contributed by atoms with E-state index in [0.717, 1.165) is 37.3 Å². The molecule has 1 aliphatic rings. The highest BCUT2D eigenvalue weighted by atomic mass is 14.9. The van der Waals surface area contributed by atoms with Crippen LogP contribution in [0.2, 0.25) is 0 Å². The molecule has 0 radical (unpaired) electrons. The third kappa shape index (κ3) is 2.38. The molecule has 0 spiro atoms. The highest BCUT2D eigenvalue weighted by molar-refractivity contribution is 5.57. The average molecular weight is 253 g/mol. The zero-order valence-corrected chi connectivity index (χ0v) is 11.5. The molecule has 1 N–H and O–H groups in total. The van der Waals surface area contributed by atoms with Gasteiger partial charge in [-0.2, -0.15) is 0 Å². The van der Waals surface area contributed by atoms with Crippen molar-refractivity contribution < 1.29 is 0 Å². The number of aromatic nitrogens is 2. The van der Waals surface area contributed by atoms with E-state index in [-0.39, 0.29) is 0 Å². The normalized spacial score (nSPS) is 14.2. The number of nitrogens with one attached hydrogen (secondary N) is 1. The van der Waals surface area contributed by atoms with Crippen molar-refractivity contribution in [3.05, 3.63) is 46.8 Å². The van der Waals surface area contributed by atoms with E-state index in [1.165, 1.54) is 22.5 Å². The molecule has 0 saturated heterocycles. The molecule has 2 heterocycles. The van der Waals surface area contributed by atoms with Crippen LogP contribution < -0.4 is 5.32 Å². The number of hydrogen-bond donors (Lipinski definition) is 1. The summed E-state index contributed by atoms with van der Waals surface area (Å²) in [6.45, 7) is 6.19. The summed E-state index contributed by atoms with van der Waals surface area (Å²) in [4.78, 5) is 9.55. The molecule has 0 aliphatic carbocycles. The van der Waals surface area contributed by atoms with E-state index in [9.17, 15) is 0 Å². The van der Waals surface area contributed by atoms with Crippen LogP contribution in [0.25, 0.3) is 11.4 Å². The van der Waals surface area contributed by atoms with Crippen molar-refractivity contribution >= 4 is 0 Å². The number of rotatable bonds is 2. The average Bonchev–Trinajstić information content (AvgIpc) is 2.46. The van der Waals surface area contributed by atoms with Crippen molar-refractivity contribution in [1.29, 1.82) is 0 Å². The third-order valence-corrected chi connectivity index (χ3v) is 3.63. The van der Waals surface area contributed by atoms with Gasteiger partial charge in [-0.05, 0) is 19.4 Å². The SMILES string of the molecule is CCc1nc(-c2cccc(C)c2)nc2c1CNCC2. The lowest BCUT2D eigenvalue weighted by Crippen LogP contribution is -2.26. The predicted octanol–water partition coefficient (Wildman–Crippen LogP) is 2.66. The third-order valence-electron chi connectivity index (χ3n) is 3.63. The van der Waals surface area contributed by atoms with E-state index < -0.39 is 0 Å². The number of benzene rings is 1. The topological polar surface area (TPSA) is 37.8 Å². The maximum Gasteiger partial charge on any atom is 0.159 e. The monoisotopic (exact) mass is 253 g/mol. The Kier molecular flexibility index (Phi) is 3.30. The Morgan fingerprint density at radius 3 is 2.95 bits per heavy atom. The summed E-state index contributed by atoms with van der Waals surface area (Å²) in [6.07, 6.45) is 1.97. The Morgan fingerprint density at radius 1 is 1.26 bits per heavy atom. The Morgan fingerprint density at radius 2 is 2.16 bits per heavy atom. The highest BCUT2D eigenvalue weighted by Gasteiger charge is 2.16. The first-order valence-electron chi connectivity index (χ1n) is 6.94. The standard InChI is InChI=1S/C16H19N3/c1-3-14-13-10-17-8-7-15(13)19-16(18-14)12-6-4-5-11(2)9-12/h4-6,9,17H,3,7-8,10H2,1-2H3. The van der Waals surface area contributed by atoms with Gasteiger partial charge in [0.2, 0.25) is 0 Å². The van der Waals surface area contributed by atoms with Crippen molar-refractivity contribution in [3.63, 3.8) is 0 Å². The van der Waals surface area contributed by atoms with Crippen molar-refractivity contribution in [1.82, 2.24) is 15.3 Å². The number of nitrogens with zero attached hydrogens (tertiary/aromatic N) is 2. The minimum Gasteiger partial charge on any atom is -0.312 e. The molecule has 2 aromatic rings. The zero-order chi connectivity index (χ0) is 13.2. The van der Waals surface area contributed by atoms with Gasteiger partial charge in [-0.3, -0.25) is 0 Å². The fraction of sp³-hybridized carbons (Fsp3) is 0.375. The van der Waals surface area contributed by atoms with E-state index in [2.05, 4.69) is 43.4 Å². The molecule has 3 nitrogen and oxygen atoms in total. The Balaban J connectivity index is 2.12. The molecule has 0 fully saturated rings. The quantitative estimate of drug-likeness (QED) is 0.894. The first kappa shape index (κ1) is 12.3. The van der Waals surface area contributed by atoms with Crippen LogP contribution in [0.3, 0.4) is 0 Å². The minimum absolute atomic E-state index is 0.876. The number of aryl methyl sites for hydroxylation is 2. The molecule has 1 aromatic carbocycles. The Hall–Kier alpha value is -1.74. The number of fused-ring (bicyclic) bond motifs is 1. The van der Waals surface area contributed by atoms with Crippen molar-refractivity contribution in [2.45, 2.75) is 33.2 Å². The summed E-state index contributed by atoms with van der Waals surface area (Å²) in [7, 11) is 0. The molecule has 98 valence electrons. The van der Waals surface area contributed by atoms with Gasteiger partial charge in [-0.1, -0.05) is 30.7 Å². The molecule has 0 atom stereocenters. The van der Waals surface area contributed by atoms with Gasteiger partial charge in [0.05, 0.1) is 5.69 Å². The van der Waals surface area contributed by atoms with Crippen LogP contribution in [0.5, 0.6) is 0 Å². The van der Waals surface area contributed by atoms with Gasteiger partial charge in [0.1, 0.15) is 0 Å². The van der Waals surface area contributed by atoms with E-state index >= 15 is 0 Å². The Labute approximate surface area is 114 Å². The van der Waals surface area contributed by atoms with E-state index in [1.807, 2.05) is 0 Å². The van der Waals surface area contributed by atoms with Crippen LogP contribution in [0, 0.1) is 6.92 Å². The molecule has 3 rings (SSSR count). The molecule has 0 bridgehead atoms. The lowest BCUT2D eigenvalue weighted by atomic mass is 10.0. The van der Waals surface area contributed by atoms with Crippen LogP contribution in [0.15, 0.2) is 24.3 Å². The van der Waals surface area contributed by atoms with Crippen molar-refractivity contribution in [2.75, 3.05) is 6.54 Å². The first-order valence-corrected chi connectivity index (χ1v) is 6.94. The van der Waals surface area contributed by atoms with E-state index in [0.29, 0.717) is 0 Å².